The lowest BCUT2D eigenvalue weighted by Gasteiger charge is -2.18. The van der Waals surface area contributed by atoms with E-state index in [4.69, 9.17) is 14.2 Å². The Morgan fingerprint density at radius 1 is 0.266 bits per heavy atom. The van der Waals surface area contributed by atoms with Crippen molar-refractivity contribution in [1.82, 2.24) is 0 Å². The minimum absolute atomic E-state index is 0.0825. The summed E-state index contributed by atoms with van der Waals surface area (Å²) in [6.07, 6.45) is 89.0. The predicted molar refractivity (Wildman–Crippen MR) is 344 cm³/mol. The van der Waals surface area contributed by atoms with E-state index in [9.17, 15) is 14.4 Å². The van der Waals surface area contributed by atoms with E-state index in [-0.39, 0.29) is 31.1 Å². The Bertz CT molecular complexity index is 1500. The number of hydrogen-bond acceptors (Lipinski definition) is 6. The Morgan fingerprint density at radius 2 is 0.494 bits per heavy atom. The van der Waals surface area contributed by atoms with Gasteiger partial charge in [0.1, 0.15) is 13.2 Å². The Morgan fingerprint density at radius 3 is 0.772 bits per heavy atom. The zero-order chi connectivity index (χ0) is 57.1. The highest BCUT2D eigenvalue weighted by atomic mass is 16.6. The first-order valence-corrected chi connectivity index (χ1v) is 34.1. The van der Waals surface area contributed by atoms with Crippen molar-refractivity contribution in [2.45, 2.75) is 348 Å². The minimum atomic E-state index is -0.787. The summed E-state index contributed by atoms with van der Waals surface area (Å²) < 4.78 is 16.9. The van der Waals surface area contributed by atoms with Crippen LogP contribution in [0.25, 0.3) is 0 Å². The Labute approximate surface area is 490 Å². The van der Waals surface area contributed by atoms with Crippen molar-refractivity contribution in [3.63, 3.8) is 0 Å². The number of ether oxygens (including phenoxy) is 3. The van der Waals surface area contributed by atoms with Gasteiger partial charge in [-0.15, -0.1) is 0 Å². The molecule has 1 atom stereocenters. The predicted octanol–water partition coefficient (Wildman–Crippen LogP) is 23.4. The number of esters is 3. The molecule has 0 aromatic carbocycles. The Hall–Kier alpha value is -3.41. The van der Waals surface area contributed by atoms with Crippen LogP contribution in [0.4, 0.5) is 0 Å². The van der Waals surface area contributed by atoms with Crippen molar-refractivity contribution in [1.29, 1.82) is 0 Å². The zero-order valence-corrected chi connectivity index (χ0v) is 52.4. The van der Waals surface area contributed by atoms with Gasteiger partial charge in [-0.3, -0.25) is 14.4 Å². The van der Waals surface area contributed by atoms with Gasteiger partial charge in [-0.25, -0.2) is 0 Å². The number of unbranched alkanes of at least 4 members (excludes halogenated alkanes) is 37. The summed E-state index contributed by atoms with van der Waals surface area (Å²) in [6.45, 7) is 6.52. The summed E-state index contributed by atoms with van der Waals surface area (Å²) >= 11 is 0. The summed E-state index contributed by atoms with van der Waals surface area (Å²) in [4.78, 5) is 38.3. The van der Waals surface area contributed by atoms with Gasteiger partial charge in [0.15, 0.2) is 6.10 Å². The highest BCUT2D eigenvalue weighted by Gasteiger charge is 2.19. The number of allylic oxidation sites excluding steroid dienone is 14. The molecule has 0 aromatic heterocycles. The Kier molecular flexibility index (Phi) is 64.2. The van der Waals surface area contributed by atoms with Crippen molar-refractivity contribution in [2.24, 2.45) is 0 Å². The maximum absolute atomic E-state index is 12.9. The first-order valence-electron chi connectivity index (χ1n) is 34.1. The zero-order valence-electron chi connectivity index (χ0n) is 52.4. The molecule has 0 aliphatic heterocycles. The third-order valence-electron chi connectivity index (χ3n) is 14.9. The molecule has 0 amide bonds. The number of rotatable bonds is 62. The molecule has 0 saturated heterocycles. The molecule has 6 nitrogen and oxygen atoms in total. The van der Waals surface area contributed by atoms with E-state index in [1.807, 2.05) is 0 Å². The fourth-order valence-electron chi connectivity index (χ4n) is 9.80. The van der Waals surface area contributed by atoms with Crippen molar-refractivity contribution in [3.05, 3.63) is 85.1 Å². The molecule has 0 aliphatic carbocycles. The summed E-state index contributed by atoms with van der Waals surface area (Å²) in [5, 5.41) is 0. The normalized spacial score (nSPS) is 12.6. The molecule has 0 N–H and O–H groups in total. The van der Waals surface area contributed by atoms with E-state index in [2.05, 4.69) is 106 Å². The van der Waals surface area contributed by atoms with Crippen molar-refractivity contribution < 1.29 is 28.6 Å². The van der Waals surface area contributed by atoms with Crippen LogP contribution in [0.2, 0.25) is 0 Å². The van der Waals surface area contributed by atoms with E-state index >= 15 is 0 Å². The fourth-order valence-corrected chi connectivity index (χ4v) is 9.80. The molecule has 456 valence electrons. The number of carbonyl (C=O) groups excluding carboxylic acids is 3. The molecular weight excluding hydrogens is 973 g/mol. The molecule has 0 heterocycles. The van der Waals surface area contributed by atoms with Gasteiger partial charge in [0, 0.05) is 19.3 Å². The number of carbonyl (C=O) groups is 3. The molecule has 0 fully saturated rings. The summed E-state index contributed by atoms with van der Waals surface area (Å²) in [5.74, 6) is -0.892. The first-order chi connectivity index (χ1) is 39.0. The second-order valence-electron chi connectivity index (χ2n) is 22.7. The molecule has 0 saturated carbocycles. The van der Waals surface area contributed by atoms with Gasteiger partial charge >= 0.3 is 17.9 Å². The SMILES string of the molecule is CC/C=C\C/C=C\C/C=C\C/C=C\CCCCCCC(=O)OC(COC(=O)CCCCCCCCCCCCC)COC(=O)CCCCCCCCCCCCCCCCCCCC/C=C\C/C=C\C/C=C\CCCCCCC. The van der Waals surface area contributed by atoms with Crippen LogP contribution in [0.1, 0.15) is 342 Å². The van der Waals surface area contributed by atoms with Crippen LogP contribution in [-0.4, -0.2) is 37.2 Å². The highest BCUT2D eigenvalue weighted by Crippen LogP contribution is 2.17. The molecule has 0 bridgehead atoms. The van der Waals surface area contributed by atoms with Crippen LogP contribution in [0.5, 0.6) is 0 Å². The van der Waals surface area contributed by atoms with Crippen LogP contribution in [0.15, 0.2) is 85.1 Å². The Balaban J connectivity index is 4.14. The van der Waals surface area contributed by atoms with E-state index in [0.717, 1.165) is 109 Å². The largest absolute Gasteiger partial charge is 0.462 e. The van der Waals surface area contributed by atoms with Crippen LogP contribution in [-0.2, 0) is 28.6 Å². The van der Waals surface area contributed by atoms with Gasteiger partial charge in [-0.2, -0.15) is 0 Å². The molecule has 0 aliphatic rings. The second-order valence-corrected chi connectivity index (χ2v) is 22.7. The van der Waals surface area contributed by atoms with Gasteiger partial charge in [-0.1, -0.05) is 311 Å². The maximum Gasteiger partial charge on any atom is 0.306 e. The molecule has 79 heavy (non-hydrogen) atoms. The van der Waals surface area contributed by atoms with E-state index < -0.39 is 6.10 Å². The first kappa shape index (κ1) is 75.6. The highest BCUT2D eigenvalue weighted by molar-refractivity contribution is 5.71. The molecule has 0 radical (unpaired) electrons. The third-order valence-corrected chi connectivity index (χ3v) is 14.9. The standard InChI is InChI=1S/C73H128O6/c1-4-7-10-13-16-19-22-24-26-28-29-30-31-32-33-34-35-36-37-38-39-40-41-42-43-45-46-48-51-54-57-60-63-66-72(75)78-69-70(68-77-71(74)65-62-59-56-53-50-21-18-15-12-9-6-3)79-73(76)67-64-61-58-55-52-49-47-44-27-25-23-20-17-14-11-8-5-2/h8,11,17,20,22,24-25,27-29,31-32,47,49,70H,4-7,9-10,12-16,18-19,21,23,26,30,33-46,48,50-69H2,1-3H3/b11-8-,20-17-,24-22-,27-25-,29-28-,32-31-,49-47-. The van der Waals surface area contributed by atoms with Crippen molar-refractivity contribution >= 4 is 17.9 Å². The van der Waals surface area contributed by atoms with Crippen LogP contribution >= 0.6 is 0 Å². The molecule has 0 rings (SSSR count). The van der Waals surface area contributed by atoms with Crippen molar-refractivity contribution in [2.75, 3.05) is 13.2 Å². The van der Waals surface area contributed by atoms with Crippen LogP contribution < -0.4 is 0 Å². The molecule has 1 unspecified atom stereocenters. The number of hydrogen-bond donors (Lipinski definition) is 0. The molecule has 0 aromatic rings. The summed E-state index contributed by atoms with van der Waals surface area (Å²) in [6, 6.07) is 0. The van der Waals surface area contributed by atoms with E-state index in [0.29, 0.717) is 19.3 Å². The van der Waals surface area contributed by atoms with Gasteiger partial charge < -0.3 is 14.2 Å². The lowest BCUT2D eigenvalue weighted by Crippen LogP contribution is -2.30. The van der Waals surface area contributed by atoms with E-state index in [1.54, 1.807) is 0 Å². The minimum Gasteiger partial charge on any atom is -0.462 e. The van der Waals surface area contributed by atoms with Gasteiger partial charge in [0.2, 0.25) is 0 Å². The summed E-state index contributed by atoms with van der Waals surface area (Å²) in [5.41, 5.74) is 0. The monoisotopic (exact) mass is 1100 g/mol. The van der Waals surface area contributed by atoms with Gasteiger partial charge in [-0.05, 0) is 96.3 Å². The van der Waals surface area contributed by atoms with E-state index in [1.165, 1.54) is 193 Å². The molecule has 0 spiro atoms. The lowest BCUT2D eigenvalue weighted by atomic mass is 10.0. The molecular formula is C73H128O6. The van der Waals surface area contributed by atoms with Crippen LogP contribution in [0.3, 0.4) is 0 Å². The topological polar surface area (TPSA) is 78.9 Å². The van der Waals surface area contributed by atoms with Crippen LogP contribution in [0, 0.1) is 0 Å². The smallest absolute Gasteiger partial charge is 0.306 e. The average molecular weight is 1100 g/mol. The second kappa shape index (κ2) is 67.1. The molecule has 6 heteroatoms. The average Bonchev–Trinajstić information content (AvgIpc) is 3.45. The lowest BCUT2D eigenvalue weighted by molar-refractivity contribution is -0.167. The summed E-state index contributed by atoms with van der Waals surface area (Å²) in [7, 11) is 0. The fraction of sp³-hybridized carbons (Fsp3) is 0.767. The third kappa shape index (κ3) is 65.3. The van der Waals surface area contributed by atoms with Gasteiger partial charge in [0.25, 0.3) is 0 Å². The maximum atomic E-state index is 12.9. The van der Waals surface area contributed by atoms with Gasteiger partial charge in [0.05, 0.1) is 0 Å². The van der Waals surface area contributed by atoms with Crippen molar-refractivity contribution in [3.8, 4) is 0 Å². The quantitative estimate of drug-likeness (QED) is 0.0261.